The van der Waals surface area contributed by atoms with Gasteiger partial charge in [0, 0.05) is 25.5 Å². The minimum atomic E-state index is -3.70. The van der Waals surface area contributed by atoms with E-state index in [-0.39, 0.29) is 13.1 Å². The molecule has 1 aromatic heterocycles. The van der Waals surface area contributed by atoms with Crippen molar-refractivity contribution in [3.05, 3.63) is 30.1 Å². The first-order valence-corrected chi connectivity index (χ1v) is 6.32. The predicted molar refractivity (Wildman–Crippen MR) is 58.1 cm³/mol. The van der Waals surface area contributed by atoms with Crippen molar-refractivity contribution >= 4 is 16.2 Å². The third-order valence-electron chi connectivity index (χ3n) is 2.40. The molecule has 2 N–H and O–H groups in total. The maximum atomic E-state index is 11.6. The molecule has 2 rings (SSSR count). The molecule has 7 nitrogen and oxygen atoms in total. The molecule has 0 aliphatic carbocycles. The largest absolute Gasteiger partial charge is 0.480 e. The summed E-state index contributed by atoms with van der Waals surface area (Å²) in [7, 11) is -3.70. The minimum Gasteiger partial charge on any atom is -0.480 e. The molecule has 1 fully saturated rings. The number of carbonyl (C=O) groups is 1. The molecule has 92 valence electrons. The Morgan fingerprint density at radius 2 is 2.41 bits per heavy atom. The summed E-state index contributed by atoms with van der Waals surface area (Å²) in [5.74, 6) is -1.18. The number of pyridine rings is 1. The van der Waals surface area contributed by atoms with Crippen LogP contribution in [-0.4, -0.2) is 41.4 Å². The molecule has 8 heteroatoms. The number of aromatic nitrogens is 1. The lowest BCUT2D eigenvalue weighted by Gasteiger charge is -2.12. The first-order chi connectivity index (χ1) is 7.99. The topological polar surface area (TPSA) is 99.6 Å². The van der Waals surface area contributed by atoms with Gasteiger partial charge in [0.15, 0.2) is 0 Å². The third-order valence-corrected chi connectivity index (χ3v) is 3.94. The number of hydrogen-bond acceptors (Lipinski definition) is 4. The summed E-state index contributed by atoms with van der Waals surface area (Å²) >= 11 is 0. The average Bonchev–Trinajstić information content (AvgIpc) is 2.56. The monoisotopic (exact) mass is 257 g/mol. The molecule has 17 heavy (non-hydrogen) atoms. The van der Waals surface area contributed by atoms with Gasteiger partial charge >= 0.3 is 5.97 Å². The van der Waals surface area contributed by atoms with Crippen molar-refractivity contribution in [2.45, 2.75) is 12.6 Å². The van der Waals surface area contributed by atoms with Crippen LogP contribution in [0.2, 0.25) is 0 Å². The number of carboxylic acids is 1. The Hall–Kier alpha value is -1.51. The molecule has 2 heterocycles. The molecular weight excluding hydrogens is 246 g/mol. The van der Waals surface area contributed by atoms with Gasteiger partial charge in [-0.1, -0.05) is 6.07 Å². The van der Waals surface area contributed by atoms with Crippen LogP contribution in [0, 0.1) is 0 Å². The van der Waals surface area contributed by atoms with Crippen molar-refractivity contribution in [3.63, 3.8) is 0 Å². The molecule has 1 aliphatic heterocycles. The Kier molecular flexibility index (Phi) is 3.09. The summed E-state index contributed by atoms with van der Waals surface area (Å²) < 4.78 is 26.4. The van der Waals surface area contributed by atoms with E-state index >= 15 is 0 Å². The van der Waals surface area contributed by atoms with Crippen LogP contribution in [0.1, 0.15) is 5.56 Å². The van der Waals surface area contributed by atoms with Gasteiger partial charge < -0.3 is 5.11 Å². The molecule has 0 saturated carbocycles. The van der Waals surface area contributed by atoms with E-state index in [4.69, 9.17) is 5.11 Å². The van der Waals surface area contributed by atoms with E-state index in [2.05, 4.69) is 9.71 Å². The number of hydrogen-bond donors (Lipinski definition) is 2. The Balaban J connectivity index is 2.15. The summed E-state index contributed by atoms with van der Waals surface area (Å²) in [6.07, 6.45) is 3.13. The molecule has 1 aromatic rings. The molecule has 0 aromatic carbocycles. The Labute approximate surface area is 98.3 Å². The first-order valence-electron chi connectivity index (χ1n) is 4.88. The van der Waals surface area contributed by atoms with Gasteiger partial charge in [-0.3, -0.25) is 9.78 Å². The standard InChI is InChI=1S/C9H11N3O4S/c13-9(14)8-6-12(17(15,16)11-8)5-7-2-1-3-10-4-7/h1-4,8,11H,5-6H2,(H,13,14). The van der Waals surface area contributed by atoms with E-state index in [0.29, 0.717) is 5.56 Å². The van der Waals surface area contributed by atoms with Crippen LogP contribution in [-0.2, 0) is 21.5 Å². The van der Waals surface area contributed by atoms with Crippen LogP contribution >= 0.6 is 0 Å². The van der Waals surface area contributed by atoms with Crippen molar-refractivity contribution in [1.82, 2.24) is 14.0 Å². The highest BCUT2D eigenvalue weighted by molar-refractivity contribution is 7.87. The second kappa shape index (κ2) is 4.40. The molecule has 1 atom stereocenters. The molecule has 1 unspecified atom stereocenters. The molecule has 1 saturated heterocycles. The smallest absolute Gasteiger partial charge is 0.323 e. The SMILES string of the molecule is O=C(O)C1CN(Cc2cccnc2)S(=O)(=O)N1. The average molecular weight is 257 g/mol. The van der Waals surface area contributed by atoms with Crippen molar-refractivity contribution in [2.24, 2.45) is 0 Å². The fraction of sp³-hybridized carbons (Fsp3) is 0.333. The zero-order chi connectivity index (χ0) is 12.5. The Morgan fingerprint density at radius 1 is 1.65 bits per heavy atom. The maximum absolute atomic E-state index is 11.6. The van der Waals surface area contributed by atoms with Crippen molar-refractivity contribution in [3.8, 4) is 0 Å². The summed E-state index contributed by atoms with van der Waals surface area (Å²) in [6, 6.07) is 2.34. The molecule has 1 aliphatic rings. The Morgan fingerprint density at radius 3 is 2.94 bits per heavy atom. The second-order valence-corrected chi connectivity index (χ2v) is 5.37. The van der Waals surface area contributed by atoms with Gasteiger partial charge in [0.1, 0.15) is 6.04 Å². The van der Waals surface area contributed by atoms with Crippen LogP contribution in [0.5, 0.6) is 0 Å². The van der Waals surface area contributed by atoms with Gasteiger partial charge in [0.2, 0.25) is 0 Å². The predicted octanol–water partition coefficient (Wildman–Crippen LogP) is -0.815. The van der Waals surface area contributed by atoms with E-state index in [1.54, 1.807) is 24.5 Å². The van der Waals surface area contributed by atoms with Gasteiger partial charge in [0.05, 0.1) is 0 Å². The number of nitrogens with one attached hydrogen (secondary N) is 1. The lowest BCUT2D eigenvalue weighted by molar-refractivity contribution is -0.138. The van der Waals surface area contributed by atoms with Gasteiger partial charge in [-0.05, 0) is 11.6 Å². The molecule has 0 bridgehead atoms. The number of nitrogens with zero attached hydrogens (tertiary/aromatic N) is 2. The highest BCUT2D eigenvalue weighted by Crippen LogP contribution is 2.14. The van der Waals surface area contributed by atoms with Crippen LogP contribution in [0.15, 0.2) is 24.5 Å². The maximum Gasteiger partial charge on any atom is 0.323 e. The first kappa shape index (κ1) is 12.0. The van der Waals surface area contributed by atoms with E-state index in [9.17, 15) is 13.2 Å². The van der Waals surface area contributed by atoms with Gasteiger partial charge in [-0.2, -0.15) is 17.4 Å². The van der Waals surface area contributed by atoms with Crippen molar-refractivity contribution in [1.29, 1.82) is 0 Å². The van der Waals surface area contributed by atoms with E-state index in [1.807, 2.05) is 0 Å². The summed E-state index contributed by atoms with van der Waals surface area (Å²) in [5, 5.41) is 8.76. The van der Waals surface area contributed by atoms with Gasteiger partial charge in [-0.25, -0.2) is 0 Å². The summed E-state index contributed by atoms with van der Waals surface area (Å²) in [4.78, 5) is 14.6. The van der Waals surface area contributed by atoms with Crippen LogP contribution in [0.4, 0.5) is 0 Å². The third kappa shape index (κ3) is 2.60. The Bertz CT molecular complexity index is 516. The molecule has 0 radical (unpaired) electrons. The fourth-order valence-corrected chi connectivity index (χ4v) is 2.91. The van der Waals surface area contributed by atoms with Crippen LogP contribution in [0.25, 0.3) is 0 Å². The van der Waals surface area contributed by atoms with Crippen LogP contribution in [0.3, 0.4) is 0 Å². The summed E-state index contributed by atoms with van der Waals surface area (Å²) in [5.41, 5.74) is 0.712. The van der Waals surface area contributed by atoms with E-state index in [0.717, 1.165) is 4.31 Å². The second-order valence-electron chi connectivity index (χ2n) is 3.67. The summed E-state index contributed by atoms with van der Waals surface area (Å²) in [6.45, 7) is 0.0412. The van der Waals surface area contributed by atoms with E-state index < -0.39 is 22.2 Å². The van der Waals surface area contributed by atoms with Crippen molar-refractivity contribution < 1.29 is 18.3 Å². The number of carboxylic acid groups (broad SMARTS) is 1. The van der Waals surface area contributed by atoms with E-state index in [1.165, 1.54) is 0 Å². The lowest BCUT2D eigenvalue weighted by Crippen LogP contribution is -2.34. The highest BCUT2D eigenvalue weighted by atomic mass is 32.2. The zero-order valence-corrected chi connectivity index (χ0v) is 9.59. The molecule has 0 amide bonds. The fourth-order valence-electron chi connectivity index (χ4n) is 1.57. The van der Waals surface area contributed by atoms with Crippen LogP contribution < -0.4 is 4.72 Å². The molecule has 0 spiro atoms. The van der Waals surface area contributed by atoms with Gasteiger partial charge in [0.25, 0.3) is 10.2 Å². The zero-order valence-electron chi connectivity index (χ0n) is 8.78. The highest BCUT2D eigenvalue weighted by Gasteiger charge is 2.38. The minimum absolute atomic E-state index is 0.0768. The number of aliphatic carboxylic acids is 1. The lowest BCUT2D eigenvalue weighted by atomic mass is 10.2. The normalized spacial score (nSPS) is 23.6. The van der Waals surface area contributed by atoms with Crippen molar-refractivity contribution in [2.75, 3.05) is 6.54 Å². The molecular formula is C9H11N3O4S. The quantitative estimate of drug-likeness (QED) is 0.737. The number of rotatable bonds is 3. The van der Waals surface area contributed by atoms with Gasteiger partial charge in [-0.15, -0.1) is 0 Å².